The second-order valence-electron chi connectivity index (χ2n) is 12.7. The first-order valence-corrected chi connectivity index (χ1v) is 13.5. The molecule has 1 saturated heterocycles. The van der Waals surface area contributed by atoms with E-state index in [9.17, 15) is 15.0 Å². The Morgan fingerprint density at radius 2 is 1.76 bits per heavy atom. The minimum atomic E-state index is -1.58. The molecule has 3 aliphatic carbocycles. The number of methoxy groups -OCH3 is 1. The molecular formula is C30H42O7. The summed E-state index contributed by atoms with van der Waals surface area (Å²) >= 11 is 0. The topological polar surface area (TPSA) is 94.5 Å². The Labute approximate surface area is 220 Å². The number of ether oxygens (including phenoxy) is 4. The van der Waals surface area contributed by atoms with Crippen molar-refractivity contribution in [1.29, 1.82) is 0 Å². The Hall–Kier alpha value is -1.77. The number of benzene rings is 1. The SMILES string of the molecule is CO[C@@H]1CCC[C@]2(C)[C@@H]1[C@H](OC(=O)c1ccccc1)[C@]1(O)C[C@H](O)C(C)=C([C@H]3OC(C)(C)O[C@@H]32)C1(C)C. The number of carbonyl (C=O) groups excluding carboxylic acids is 1. The summed E-state index contributed by atoms with van der Waals surface area (Å²) in [5.41, 5.74) is -0.948. The summed E-state index contributed by atoms with van der Waals surface area (Å²) < 4.78 is 25.7. The summed E-state index contributed by atoms with van der Waals surface area (Å²) in [7, 11) is 1.68. The van der Waals surface area contributed by atoms with Crippen LogP contribution in [0.5, 0.6) is 0 Å². The molecular weight excluding hydrogens is 472 g/mol. The van der Waals surface area contributed by atoms with Gasteiger partial charge in [-0.3, -0.25) is 0 Å². The van der Waals surface area contributed by atoms with Gasteiger partial charge in [-0.25, -0.2) is 4.79 Å². The fraction of sp³-hybridized carbons (Fsp3) is 0.700. The van der Waals surface area contributed by atoms with E-state index in [1.54, 1.807) is 31.4 Å². The van der Waals surface area contributed by atoms with Crippen LogP contribution in [0, 0.1) is 16.7 Å². The second kappa shape index (κ2) is 8.88. The first-order valence-electron chi connectivity index (χ1n) is 13.5. The second-order valence-corrected chi connectivity index (χ2v) is 12.7. The van der Waals surface area contributed by atoms with E-state index in [-0.39, 0.29) is 24.5 Å². The maximum Gasteiger partial charge on any atom is 0.338 e. The highest BCUT2D eigenvalue weighted by Gasteiger charge is 2.70. The number of carbonyl (C=O) groups is 1. The van der Waals surface area contributed by atoms with Gasteiger partial charge in [0.15, 0.2) is 5.79 Å². The molecule has 2 N–H and O–H groups in total. The Morgan fingerprint density at radius 1 is 1.08 bits per heavy atom. The molecule has 1 aromatic rings. The molecule has 1 heterocycles. The van der Waals surface area contributed by atoms with Gasteiger partial charge in [0, 0.05) is 30.3 Å². The van der Waals surface area contributed by atoms with Gasteiger partial charge in [0.2, 0.25) is 0 Å². The zero-order chi connectivity index (χ0) is 27.0. The van der Waals surface area contributed by atoms with Crippen LogP contribution in [0.15, 0.2) is 41.5 Å². The number of hydrogen-bond donors (Lipinski definition) is 2. The average Bonchev–Trinajstić information content (AvgIpc) is 3.16. The van der Waals surface area contributed by atoms with Crippen LogP contribution in [0.25, 0.3) is 0 Å². The van der Waals surface area contributed by atoms with E-state index in [4.69, 9.17) is 18.9 Å². The van der Waals surface area contributed by atoms with Gasteiger partial charge in [0.05, 0.1) is 23.9 Å². The quantitative estimate of drug-likeness (QED) is 0.456. The van der Waals surface area contributed by atoms with E-state index in [1.807, 2.05) is 40.7 Å². The van der Waals surface area contributed by atoms with Gasteiger partial charge >= 0.3 is 5.97 Å². The summed E-state index contributed by atoms with van der Waals surface area (Å²) in [6, 6.07) is 8.86. The van der Waals surface area contributed by atoms with Crippen molar-refractivity contribution in [2.75, 3.05) is 7.11 Å². The molecule has 0 unspecified atom stereocenters. The Bertz CT molecular complexity index is 1080. The zero-order valence-corrected chi connectivity index (χ0v) is 23.1. The number of aliphatic hydroxyl groups is 2. The molecule has 7 nitrogen and oxygen atoms in total. The summed E-state index contributed by atoms with van der Waals surface area (Å²) in [6.45, 7) is 11.8. The van der Waals surface area contributed by atoms with Crippen LogP contribution in [-0.4, -0.2) is 65.2 Å². The van der Waals surface area contributed by atoms with E-state index in [0.717, 1.165) is 30.4 Å². The lowest BCUT2D eigenvalue weighted by atomic mass is 9.48. The van der Waals surface area contributed by atoms with Crippen LogP contribution >= 0.6 is 0 Å². The third-order valence-corrected chi connectivity index (χ3v) is 9.93. The molecule has 4 aliphatic rings. The molecule has 0 spiro atoms. The van der Waals surface area contributed by atoms with Crippen LogP contribution in [0.3, 0.4) is 0 Å². The summed E-state index contributed by atoms with van der Waals surface area (Å²) in [6.07, 6.45) is -0.410. The van der Waals surface area contributed by atoms with Crippen molar-refractivity contribution in [1.82, 2.24) is 0 Å². The number of rotatable bonds is 3. The number of esters is 1. The third-order valence-electron chi connectivity index (χ3n) is 9.93. The summed E-state index contributed by atoms with van der Waals surface area (Å²) in [4.78, 5) is 13.6. The van der Waals surface area contributed by atoms with Gasteiger partial charge in [0.25, 0.3) is 0 Å². The standard InChI is InChI=1S/C30H42O7/c1-17-19(31)16-30(33)24(35-26(32)18-12-9-8-10-13-18)22-20(34-7)14-11-15-29(22,6)25-23(21(17)27(30,2)3)36-28(4,5)37-25/h8-10,12-13,19-20,22-25,31,33H,11,14-16H2,1-7H3/t19-,20+,22-,23+,24-,25-,29+,30+/m0/s1. The van der Waals surface area contributed by atoms with Crippen LogP contribution in [0.1, 0.15) is 77.6 Å². The van der Waals surface area contributed by atoms with E-state index in [0.29, 0.717) is 5.56 Å². The molecule has 37 heavy (non-hydrogen) atoms. The molecule has 204 valence electrons. The van der Waals surface area contributed by atoms with Crippen LogP contribution in [0.2, 0.25) is 0 Å². The Kier molecular flexibility index (Phi) is 6.44. The Morgan fingerprint density at radius 3 is 2.41 bits per heavy atom. The molecule has 8 atom stereocenters. The third kappa shape index (κ3) is 3.92. The highest BCUT2D eigenvalue weighted by Crippen LogP contribution is 2.63. The van der Waals surface area contributed by atoms with Crippen molar-refractivity contribution in [3.8, 4) is 0 Å². The first-order chi connectivity index (χ1) is 17.3. The van der Waals surface area contributed by atoms with Crippen molar-refractivity contribution in [2.24, 2.45) is 16.7 Å². The van der Waals surface area contributed by atoms with Crippen molar-refractivity contribution < 1.29 is 34.0 Å². The fourth-order valence-corrected chi connectivity index (χ4v) is 7.93. The lowest BCUT2D eigenvalue weighted by Gasteiger charge is -2.62. The van der Waals surface area contributed by atoms with Crippen LogP contribution in [0.4, 0.5) is 0 Å². The Balaban J connectivity index is 1.76. The largest absolute Gasteiger partial charge is 0.455 e. The van der Waals surface area contributed by atoms with E-state index >= 15 is 0 Å². The fourth-order valence-electron chi connectivity index (χ4n) is 7.93. The molecule has 7 heteroatoms. The minimum absolute atomic E-state index is 0.0483. The van der Waals surface area contributed by atoms with Gasteiger partial charge < -0.3 is 29.2 Å². The molecule has 1 aliphatic heterocycles. The smallest absolute Gasteiger partial charge is 0.338 e. The van der Waals surface area contributed by atoms with Gasteiger partial charge in [-0.1, -0.05) is 45.4 Å². The van der Waals surface area contributed by atoms with Crippen LogP contribution in [-0.2, 0) is 18.9 Å². The van der Waals surface area contributed by atoms with Crippen molar-refractivity contribution >= 4 is 5.97 Å². The average molecular weight is 515 g/mol. The van der Waals surface area contributed by atoms with Gasteiger partial charge in [-0.2, -0.15) is 0 Å². The lowest BCUT2D eigenvalue weighted by Crippen LogP contribution is -2.71. The highest BCUT2D eigenvalue weighted by molar-refractivity contribution is 5.89. The molecule has 2 bridgehead atoms. The lowest BCUT2D eigenvalue weighted by molar-refractivity contribution is -0.242. The molecule has 0 aromatic heterocycles. The van der Waals surface area contributed by atoms with E-state index in [1.165, 1.54) is 0 Å². The van der Waals surface area contributed by atoms with Crippen molar-refractivity contribution in [3.05, 3.63) is 47.0 Å². The van der Waals surface area contributed by atoms with Gasteiger partial charge in [-0.15, -0.1) is 0 Å². The van der Waals surface area contributed by atoms with Gasteiger partial charge in [-0.05, 0) is 56.9 Å². The molecule has 3 fully saturated rings. The van der Waals surface area contributed by atoms with Gasteiger partial charge in [0.1, 0.15) is 17.8 Å². The molecule has 5 rings (SSSR count). The zero-order valence-electron chi connectivity index (χ0n) is 23.1. The van der Waals surface area contributed by atoms with Crippen molar-refractivity contribution in [3.63, 3.8) is 0 Å². The predicted molar refractivity (Wildman–Crippen MR) is 138 cm³/mol. The predicted octanol–water partition coefficient (Wildman–Crippen LogP) is 4.41. The van der Waals surface area contributed by atoms with E-state index in [2.05, 4.69) is 6.92 Å². The molecule has 0 amide bonds. The minimum Gasteiger partial charge on any atom is -0.455 e. The highest BCUT2D eigenvalue weighted by atomic mass is 16.8. The summed E-state index contributed by atoms with van der Waals surface area (Å²) in [5, 5.41) is 24.1. The first kappa shape index (κ1) is 26.8. The number of aliphatic hydroxyl groups excluding tert-OH is 1. The summed E-state index contributed by atoms with van der Waals surface area (Å²) in [5.74, 6) is -1.74. The maximum atomic E-state index is 13.6. The number of fused-ring (bicyclic) bond motifs is 6. The van der Waals surface area contributed by atoms with E-state index < -0.39 is 46.5 Å². The number of hydrogen-bond acceptors (Lipinski definition) is 7. The van der Waals surface area contributed by atoms with Crippen LogP contribution < -0.4 is 0 Å². The maximum absolute atomic E-state index is 13.6. The molecule has 0 radical (unpaired) electrons. The van der Waals surface area contributed by atoms with Crippen molar-refractivity contribution in [2.45, 2.75) is 109 Å². The normalized spacial score (nSPS) is 42.3. The molecule has 2 saturated carbocycles. The molecule has 1 aromatic carbocycles. The monoisotopic (exact) mass is 514 g/mol.